The van der Waals surface area contributed by atoms with Gasteiger partial charge in [0, 0.05) is 32.0 Å². The summed E-state index contributed by atoms with van der Waals surface area (Å²) in [6.07, 6.45) is 9.99. The van der Waals surface area contributed by atoms with Gasteiger partial charge in [0.15, 0.2) is 0 Å². The Kier molecular flexibility index (Phi) is 7.88. The maximum Gasteiger partial charge on any atom is 0.337 e. The first-order chi connectivity index (χ1) is 9.16. The van der Waals surface area contributed by atoms with Crippen molar-refractivity contribution in [3.8, 4) is 0 Å². The van der Waals surface area contributed by atoms with Crippen LogP contribution >= 0.6 is 0 Å². The molecule has 1 rings (SSSR count). The lowest BCUT2D eigenvalue weighted by atomic mass is 9.98. The Morgan fingerprint density at radius 2 is 1.74 bits per heavy atom. The van der Waals surface area contributed by atoms with Gasteiger partial charge in [-0.3, -0.25) is 4.99 Å². The predicted molar refractivity (Wildman–Crippen MR) is 84.3 cm³/mol. The van der Waals surface area contributed by atoms with Gasteiger partial charge in [-0.2, -0.15) is 0 Å². The van der Waals surface area contributed by atoms with Gasteiger partial charge in [0.25, 0.3) is 0 Å². The van der Waals surface area contributed by atoms with Crippen LogP contribution in [0.25, 0.3) is 0 Å². The monoisotopic (exact) mass is 285 g/mol. The molecular formula is C15H31NO2Si. The van der Waals surface area contributed by atoms with Crippen molar-refractivity contribution in [2.45, 2.75) is 70.4 Å². The topological polar surface area (TPSA) is 30.8 Å². The van der Waals surface area contributed by atoms with Crippen molar-refractivity contribution in [1.82, 2.24) is 0 Å². The fraction of sp³-hybridized carbons (Fsp3) is 0.933. The molecule has 1 atom stereocenters. The van der Waals surface area contributed by atoms with Crippen LogP contribution in [0.5, 0.6) is 0 Å². The van der Waals surface area contributed by atoms with Crippen LogP contribution in [0.2, 0.25) is 12.1 Å². The van der Waals surface area contributed by atoms with Gasteiger partial charge in [-0.05, 0) is 45.1 Å². The molecule has 0 aromatic heterocycles. The van der Waals surface area contributed by atoms with Gasteiger partial charge in [-0.1, -0.05) is 19.8 Å². The lowest BCUT2D eigenvalue weighted by molar-refractivity contribution is 0.231. The van der Waals surface area contributed by atoms with E-state index in [1.807, 2.05) is 0 Å². The molecule has 0 aromatic rings. The van der Waals surface area contributed by atoms with Crippen molar-refractivity contribution in [2.24, 2.45) is 4.99 Å². The Morgan fingerprint density at radius 1 is 1.11 bits per heavy atom. The van der Waals surface area contributed by atoms with Crippen LogP contribution < -0.4 is 0 Å². The summed E-state index contributed by atoms with van der Waals surface area (Å²) < 4.78 is 11.4. The SMILES string of the molecule is CCCC(CCN=C1CCCCC1)[Si](C)(OC)OC. The van der Waals surface area contributed by atoms with Crippen molar-refractivity contribution in [3.05, 3.63) is 0 Å². The minimum Gasteiger partial charge on any atom is -0.398 e. The Bertz CT molecular complexity index is 269. The van der Waals surface area contributed by atoms with Gasteiger partial charge in [-0.25, -0.2) is 0 Å². The zero-order chi connectivity index (χ0) is 14.1. The van der Waals surface area contributed by atoms with Crippen molar-refractivity contribution in [2.75, 3.05) is 20.8 Å². The number of nitrogens with zero attached hydrogens (tertiary/aromatic N) is 1. The van der Waals surface area contributed by atoms with Crippen molar-refractivity contribution >= 4 is 14.3 Å². The molecule has 0 aliphatic heterocycles. The second-order valence-electron chi connectivity index (χ2n) is 5.71. The summed E-state index contributed by atoms with van der Waals surface area (Å²) in [6.45, 7) is 5.37. The van der Waals surface area contributed by atoms with E-state index in [1.165, 1.54) is 50.7 Å². The maximum absolute atomic E-state index is 5.71. The molecule has 0 N–H and O–H groups in total. The molecule has 3 nitrogen and oxygen atoms in total. The Hall–Kier alpha value is -0.193. The number of aliphatic imine (C=N–C) groups is 1. The van der Waals surface area contributed by atoms with E-state index in [-0.39, 0.29) is 0 Å². The van der Waals surface area contributed by atoms with E-state index < -0.39 is 8.56 Å². The highest BCUT2D eigenvalue weighted by Gasteiger charge is 2.38. The van der Waals surface area contributed by atoms with Crippen molar-refractivity contribution in [1.29, 1.82) is 0 Å². The molecule has 0 bridgehead atoms. The second kappa shape index (κ2) is 8.87. The second-order valence-corrected chi connectivity index (χ2v) is 9.37. The first-order valence-electron chi connectivity index (χ1n) is 7.78. The van der Waals surface area contributed by atoms with E-state index in [0.717, 1.165) is 13.0 Å². The first kappa shape index (κ1) is 16.9. The van der Waals surface area contributed by atoms with Gasteiger partial charge in [-0.15, -0.1) is 0 Å². The molecule has 112 valence electrons. The van der Waals surface area contributed by atoms with Gasteiger partial charge in [0.2, 0.25) is 0 Å². The minimum atomic E-state index is -2.00. The van der Waals surface area contributed by atoms with Gasteiger partial charge in [0.1, 0.15) is 0 Å². The highest BCUT2D eigenvalue weighted by Crippen LogP contribution is 2.31. The van der Waals surface area contributed by atoms with Crippen LogP contribution in [0, 0.1) is 0 Å². The molecule has 0 saturated heterocycles. The van der Waals surface area contributed by atoms with Gasteiger partial charge < -0.3 is 8.85 Å². The molecule has 1 fully saturated rings. The molecule has 0 aromatic carbocycles. The van der Waals surface area contributed by atoms with Gasteiger partial charge in [0.05, 0.1) is 0 Å². The van der Waals surface area contributed by atoms with Crippen LogP contribution in [-0.4, -0.2) is 35.0 Å². The number of rotatable bonds is 8. The highest BCUT2D eigenvalue weighted by atomic mass is 28.4. The molecular weight excluding hydrogens is 254 g/mol. The standard InChI is InChI=1S/C15H31NO2Si/c1-5-9-15(19(4,17-2)18-3)12-13-16-14-10-7-6-8-11-14/h15H,5-13H2,1-4H3. The largest absolute Gasteiger partial charge is 0.398 e. The summed E-state index contributed by atoms with van der Waals surface area (Å²) in [5, 5.41) is 0. The molecule has 19 heavy (non-hydrogen) atoms. The Balaban J connectivity index is 2.49. The van der Waals surface area contributed by atoms with E-state index in [0.29, 0.717) is 5.54 Å². The van der Waals surface area contributed by atoms with E-state index in [4.69, 9.17) is 13.8 Å². The molecule has 1 saturated carbocycles. The van der Waals surface area contributed by atoms with Crippen LogP contribution in [0.3, 0.4) is 0 Å². The smallest absolute Gasteiger partial charge is 0.337 e. The van der Waals surface area contributed by atoms with Crippen LogP contribution in [0.1, 0.15) is 58.3 Å². The summed E-state index contributed by atoms with van der Waals surface area (Å²) >= 11 is 0. The third kappa shape index (κ3) is 5.36. The zero-order valence-electron chi connectivity index (χ0n) is 13.2. The molecule has 1 aliphatic carbocycles. The predicted octanol–water partition coefficient (Wildman–Crippen LogP) is 4.32. The van der Waals surface area contributed by atoms with Gasteiger partial charge >= 0.3 is 8.56 Å². The summed E-state index contributed by atoms with van der Waals surface area (Å²) in [4.78, 5) is 4.82. The summed E-state index contributed by atoms with van der Waals surface area (Å²) in [7, 11) is 1.59. The summed E-state index contributed by atoms with van der Waals surface area (Å²) in [5.41, 5.74) is 2.00. The van der Waals surface area contributed by atoms with Crippen molar-refractivity contribution in [3.63, 3.8) is 0 Å². The molecule has 0 spiro atoms. The Labute approximate surface area is 120 Å². The molecule has 1 unspecified atom stereocenters. The molecule has 0 heterocycles. The lowest BCUT2D eigenvalue weighted by Crippen LogP contribution is -2.42. The normalized spacial score (nSPS) is 18.4. The minimum absolute atomic E-state index is 0.556. The Morgan fingerprint density at radius 3 is 2.26 bits per heavy atom. The van der Waals surface area contributed by atoms with E-state index in [2.05, 4.69) is 13.5 Å². The van der Waals surface area contributed by atoms with Crippen LogP contribution in [0.4, 0.5) is 0 Å². The summed E-state index contributed by atoms with van der Waals surface area (Å²) in [5.74, 6) is 0. The number of hydrogen-bond acceptors (Lipinski definition) is 3. The average molecular weight is 286 g/mol. The highest BCUT2D eigenvalue weighted by molar-refractivity contribution is 6.67. The summed E-state index contributed by atoms with van der Waals surface area (Å²) in [6, 6.07) is 0. The van der Waals surface area contributed by atoms with Crippen molar-refractivity contribution < 1.29 is 8.85 Å². The lowest BCUT2D eigenvalue weighted by Gasteiger charge is -2.31. The zero-order valence-corrected chi connectivity index (χ0v) is 14.2. The number of hydrogen-bond donors (Lipinski definition) is 0. The first-order valence-corrected chi connectivity index (χ1v) is 10.2. The fourth-order valence-electron chi connectivity index (χ4n) is 2.93. The third-order valence-electron chi connectivity index (χ3n) is 4.43. The van der Waals surface area contributed by atoms with E-state index in [9.17, 15) is 0 Å². The average Bonchev–Trinajstić information content (AvgIpc) is 2.46. The third-order valence-corrected chi connectivity index (χ3v) is 8.11. The molecule has 0 radical (unpaired) electrons. The van der Waals surface area contributed by atoms with Crippen LogP contribution in [0.15, 0.2) is 4.99 Å². The molecule has 1 aliphatic rings. The van der Waals surface area contributed by atoms with Crippen LogP contribution in [-0.2, 0) is 8.85 Å². The fourth-order valence-corrected chi connectivity index (χ4v) is 5.23. The quantitative estimate of drug-likeness (QED) is 0.622. The van der Waals surface area contributed by atoms with E-state index in [1.54, 1.807) is 14.2 Å². The van der Waals surface area contributed by atoms with E-state index >= 15 is 0 Å². The molecule has 4 heteroatoms. The molecule has 0 amide bonds. The maximum atomic E-state index is 5.71.